The van der Waals surface area contributed by atoms with Crippen LogP contribution in [0.3, 0.4) is 0 Å². The number of hydrogen-bond acceptors (Lipinski definition) is 1. The van der Waals surface area contributed by atoms with E-state index in [9.17, 15) is 0 Å². The molecule has 3 aromatic rings. The third kappa shape index (κ3) is 1.08. The summed E-state index contributed by atoms with van der Waals surface area (Å²) in [5, 5.41) is 2.72. The van der Waals surface area contributed by atoms with E-state index in [2.05, 4.69) is 46.9 Å². The molecule has 0 fully saturated rings. The average Bonchev–Trinajstić information content (AvgIpc) is 2.71. The molecule has 1 aromatic carbocycles. The van der Waals surface area contributed by atoms with E-state index in [1.54, 1.807) is 0 Å². The molecule has 0 unspecified atom stereocenters. The number of pyridine rings is 1. The van der Waals surface area contributed by atoms with Gasteiger partial charge in [-0.3, -0.25) is 4.98 Å². The summed E-state index contributed by atoms with van der Waals surface area (Å²) in [5.74, 6) is 0. The number of benzene rings is 1. The van der Waals surface area contributed by atoms with Gasteiger partial charge in [-0.15, -0.1) is 0 Å². The van der Waals surface area contributed by atoms with Crippen molar-refractivity contribution < 1.29 is 0 Å². The van der Waals surface area contributed by atoms with Crippen molar-refractivity contribution in [1.29, 1.82) is 0 Å². The summed E-state index contributed by atoms with van der Waals surface area (Å²) >= 11 is 0. The maximum absolute atomic E-state index is 4.56. The van der Waals surface area contributed by atoms with Gasteiger partial charge in [0.25, 0.3) is 0 Å². The van der Waals surface area contributed by atoms with Crippen LogP contribution in [-0.2, 0) is 13.0 Å². The molecule has 2 nitrogen and oxygen atoms in total. The molecule has 0 aliphatic carbocycles. The molecule has 1 aliphatic heterocycles. The fourth-order valence-electron chi connectivity index (χ4n) is 3.15. The number of hydrogen-bond donors (Lipinski definition) is 0. The van der Waals surface area contributed by atoms with Gasteiger partial charge in [0.05, 0.1) is 5.52 Å². The van der Waals surface area contributed by atoms with Gasteiger partial charge in [-0.1, -0.05) is 18.2 Å². The van der Waals surface area contributed by atoms with Crippen molar-refractivity contribution in [3.8, 4) is 0 Å². The molecule has 0 amide bonds. The normalized spacial score (nSPS) is 14.6. The second-order valence-corrected chi connectivity index (χ2v) is 4.86. The number of rotatable bonds is 0. The minimum absolute atomic E-state index is 1.14. The zero-order valence-corrected chi connectivity index (χ0v) is 9.90. The Kier molecular flexibility index (Phi) is 1.68. The van der Waals surface area contributed by atoms with Crippen molar-refractivity contribution in [2.75, 3.05) is 0 Å². The molecule has 0 atom stereocenters. The average molecular weight is 222 g/mol. The van der Waals surface area contributed by atoms with Gasteiger partial charge in [0, 0.05) is 34.7 Å². The number of aryl methyl sites for hydroxylation is 3. The number of nitrogens with zero attached hydrogens (tertiary/aromatic N) is 2. The van der Waals surface area contributed by atoms with E-state index in [-0.39, 0.29) is 0 Å². The van der Waals surface area contributed by atoms with Crippen LogP contribution in [0, 0.1) is 6.92 Å². The lowest BCUT2D eigenvalue weighted by atomic mass is 10.0. The summed E-state index contributed by atoms with van der Waals surface area (Å²) in [4.78, 5) is 4.56. The van der Waals surface area contributed by atoms with Gasteiger partial charge in [0.2, 0.25) is 0 Å². The summed E-state index contributed by atoms with van der Waals surface area (Å²) in [7, 11) is 0. The molecule has 2 aromatic heterocycles. The van der Waals surface area contributed by atoms with Crippen LogP contribution < -0.4 is 0 Å². The zero-order chi connectivity index (χ0) is 11.4. The fraction of sp³-hybridized carbons (Fsp3) is 0.267. The van der Waals surface area contributed by atoms with Crippen molar-refractivity contribution >= 4 is 21.8 Å². The Hall–Kier alpha value is -1.83. The third-order valence-corrected chi connectivity index (χ3v) is 3.88. The second-order valence-electron chi connectivity index (χ2n) is 4.86. The van der Waals surface area contributed by atoms with Gasteiger partial charge in [-0.2, -0.15) is 0 Å². The standard InChI is InChI=1S/C15H14N2/c1-10-14-12-6-2-3-7-13(12)17-8-4-5-11(9-16-10)15(14)17/h2-3,6-7,9H,4-5,8H2,1H3. The smallest absolute Gasteiger partial charge is 0.0557 e. The highest BCUT2D eigenvalue weighted by Gasteiger charge is 2.18. The molecule has 1 aliphatic rings. The van der Waals surface area contributed by atoms with E-state index >= 15 is 0 Å². The Balaban J connectivity index is 2.37. The van der Waals surface area contributed by atoms with E-state index in [1.807, 2.05) is 0 Å². The lowest BCUT2D eigenvalue weighted by molar-refractivity contribution is 0.649. The van der Waals surface area contributed by atoms with Crippen LogP contribution in [0.4, 0.5) is 0 Å². The van der Waals surface area contributed by atoms with Crippen molar-refractivity contribution in [1.82, 2.24) is 9.55 Å². The zero-order valence-electron chi connectivity index (χ0n) is 9.90. The summed E-state index contributed by atoms with van der Waals surface area (Å²) in [5.41, 5.74) is 5.35. The van der Waals surface area contributed by atoms with Crippen LogP contribution in [0.15, 0.2) is 30.5 Å². The Labute approximate surface area is 99.9 Å². The van der Waals surface area contributed by atoms with E-state index in [0.717, 1.165) is 12.2 Å². The summed E-state index contributed by atoms with van der Waals surface area (Å²) in [6.45, 7) is 3.25. The van der Waals surface area contributed by atoms with Crippen LogP contribution in [-0.4, -0.2) is 9.55 Å². The van der Waals surface area contributed by atoms with Gasteiger partial charge in [0.15, 0.2) is 0 Å². The highest BCUT2D eigenvalue weighted by molar-refractivity contribution is 6.10. The second kappa shape index (κ2) is 3.10. The Bertz CT molecular complexity index is 737. The SMILES string of the molecule is Cc1ncc2c3c1c1ccccc1n3CCC2. The summed E-state index contributed by atoms with van der Waals surface area (Å²) < 4.78 is 2.47. The molecule has 0 N–H and O–H groups in total. The van der Waals surface area contributed by atoms with Crippen molar-refractivity contribution in [2.24, 2.45) is 0 Å². The first-order chi connectivity index (χ1) is 8.36. The Morgan fingerprint density at radius 1 is 1.24 bits per heavy atom. The third-order valence-electron chi connectivity index (χ3n) is 3.88. The van der Waals surface area contributed by atoms with Gasteiger partial charge >= 0.3 is 0 Å². The highest BCUT2D eigenvalue weighted by Crippen LogP contribution is 2.35. The maximum atomic E-state index is 4.56. The first kappa shape index (κ1) is 9.23. The van der Waals surface area contributed by atoms with Crippen LogP contribution in [0.25, 0.3) is 21.8 Å². The van der Waals surface area contributed by atoms with Crippen molar-refractivity contribution in [3.63, 3.8) is 0 Å². The van der Waals surface area contributed by atoms with E-state index in [0.29, 0.717) is 0 Å². The van der Waals surface area contributed by atoms with E-state index in [1.165, 1.54) is 40.2 Å². The molecule has 3 heterocycles. The molecule has 0 spiro atoms. The predicted molar refractivity (Wildman–Crippen MR) is 70.3 cm³/mol. The van der Waals surface area contributed by atoms with Gasteiger partial charge in [-0.25, -0.2) is 0 Å². The van der Waals surface area contributed by atoms with Crippen LogP contribution in [0.2, 0.25) is 0 Å². The molecular weight excluding hydrogens is 208 g/mol. The van der Waals surface area contributed by atoms with Crippen LogP contribution in [0.1, 0.15) is 17.7 Å². The monoisotopic (exact) mass is 222 g/mol. The molecule has 84 valence electrons. The lowest BCUT2D eigenvalue weighted by Crippen LogP contribution is -2.07. The largest absolute Gasteiger partial charge is 0.340 e. The van der Waals surface area contributed by atoms with Crippen LogP contribution in [0.5, 0.6) is 0 Å². The first-order valence-electron chi connectivity index (χ1n) is 6.21. The molecule has 0 saturated carbocycles. The van der Waals surface area contributed by atoms with Crippen molar-refractivity contribution in [3.05, 3.63) is 41.7 Å². The van der Waals surface area contributed by atoms with Crippen LogP contribution >= 0.6 is 0 Å². The number of fused-ring (bicyclic) bond motifs is 3. The highest BCUT2D eigenvalue weighted by atomic mass is 15.0. The molecule has 0 saturated heterocycles. The first-order valence-corrected chi connectivity index (χ1v) is 6.21. The van der Waals surface area contributed by atoms with Gasteiger partial charge in [-0.05, 0) is 31.4 Å². The number of aromatic nitrogens is 2. The molecule has 17 heavy (non-hydrogen) atoms. The topological polar surface area (TPSA) is 17.8 Å². The van der Waals surface area contributed by atoms with E-state index < -0.39 is 0 Å². The molecule has 4 rings (SSSR count). The molecular formula is C15H14N2. The lowest BCUT2D eigenvalue weighted by Gasteiger charge is -2.16. The summed E-state index contributed by atoms with van der Waals surface area (Å²) in [6, 6.07) is 8.69. The minimum Gasteiger partial charge on any atom is -0.340 e. The molecule has 0 bridgehead atoms. The Morgan fingerprint density at radius 2 is 2.12 bits per heavy atom. The quantitative estimate of drug-likeness (QED) is 0.569. The predicted octanol–water partition coefficient (Wildman–Crippen LogP) is 3.44. The Morgan fingerprint density at radius 3 is 3.06 bits per heavy atom. The number of para-hydroxylation sites is 1. The van der Waals surface area contributed by atoms with E-state index in [4.69, 9.17) is 0 Å². The summed E-state index contributed by atoms with van der Waals surface area (Å²) in [6.07, 6.45) is 4.46. The van der Waals surface area contributed by atoms with Gasteiger partial charge < -0.3 is 4.57 Å². The fourth-order valence-corrected chi connectivity index (χ4v) is 3.15. The van der Waals surface area contributed by atoms with Crippen molar-refractivity contribution in [2.45, 2.75) is 26.3 Å². The van der Waals surface area contributed by atoms with Gasteiger partial charge in [0.1, 0.15) is 0 Å². The molecule has 0 radical (unpaired) electrons. The maximum Gasteiger partial charge on any atom is 0.0557 e. The molecule has 2 heteroatoms. The minimum atomic E-state index is 1.14.